The molecule has 1 aromatic heterocycles. The number of aromatic nitrogens is 3. The first kappa shape index (κ1) is 25.2. The quantitative estimate of drug-likeness (QED) is 0.452. The first-order valence-corrected chi connectivity index (χ1v) is 13.3. The summed E-state index contributed by atoms with van der Waals surface area (Å²) in [5.41, 5.74) is 2.64. The molecular formula is C24H23Br2ClN6O3. The summed E-state index contributed by atoms with van der Waals surface area (Å²) in [5, 5.41) is 11.9. The van der Waals surface area contributed by atoms with Crippen molar-refractivity contribution in [2.45, 2.75) is 32.5 Å². The van der Waals surface area contributed by atoms with E-state index in [9.17, 15) is 9.59 Å². The molecule has 0 saturated carbocycles. The van der Waals surface area contributed by atoms with Crippen molar-refractivity contribution in [1.29, 1.82) is 0 Å². The minimum absolute atomic E-state index is 0.0619. The fourth-order valence-electron chi connectivity index (χ4n) is 4.61. The lowest BCUT2D eigenvalue weighted by molar-refractivity contribution is -0.118. The monoisotopic (exact) mass is 636 g/mol. The van der Waals surface area contributed by atoms with Crippen LogP contribution in [0.25, 0.3) is 5.69 Å². The van der Waals surface area contributed by atoms with E-state index in [1.807, 2.05) is 29.3 Å². The van der Waals surface area contributed by atoms with Gasteiger partial charge in [-0.15, -0.1) is 5.10 Å². The summed E-state index contributed by atoms with van der Waals surface area (Å²) in [4.78, 5) is 29.2. The van der Waals surface area contributed by atoms with E-state index in [4.69, 9.17) is 16.3 Å². The van der Waals surface area contributed by atoms with Gasteiger partial charge in [-0.05, 0) is 60.1 Å². The van der Waals surface area contributed by atoms with Crippen LogP contribution in [0.1, 0.15) is 29.9 Å². The second-order valence-electron chi connectivity index (χ2n) is 9.00. The van der Waals surface area contributed by atoms with Crippen molar-refractivity contribution in [3.63, 3.8) is 0 Å². The van der Waals surface area contributed by atoms with Crippen LogP contribution in [0, 0.1) is 0 Å². The van der Waals surface area contributed by atoms with Crippen molar-refractivity contribution >= 4 is 61.0 Å². The van der Waals surface area contributed by atoms with Gasteiger partial charge in [-0.25, -0.2) is 4.68 Å². The summed E-state index contributed by atoms with van der Waals surface area (Å²) >= 11 is 13.3. The van der Waals surface area contributed by atoms with Gasteiger partial charge >= 0.3 is 0 Å². The summed E-state index contributed by atoms with van der Waals surface area (Å²) in [7, 11) is 0. The fraction of sp³-hybridized carbons (Fsp3) is 0.333. The molecule has 0 unspecified atom stereocenters. The third kappa shape index (κ3) is 5.02. The van der Waals surface area contributed by atoms with Crippen molar-refractivity contribution in [3.8, 4) is 11.4 Å². The molecule has 5 rings (SSSR count). The Bertz CT molecular complexity index is 1340. The number of carbonyl (C=O) groups excluding carboxylic acids is 2. The largest absolute Gasteiger partial charge is 0.482 e. The van der Waals surface area contributed by atoms with Crippen molar-refractivity contribution in [3.05, 3.63) is 61.8 Å². The van der Waals surface area contributed by atoms with E-state index in [1.165, 1.54) is 0 Å². The molecule has 2 aliphatic rings. The van der Waals surface area contributed by atoms with Gasteiger partial charge in [0, 0.05) is 40.7 Å². The second kappa shape index (κ2) is 10.1. The molecule has 2 aromatic carbocycles. The molecule has 3 heterocycles. The zero-order valence-corrected chi connectivity index (χ0v) is 23.5. The van der Waals surface area contributed by atoms with Crippen LogP contribution in [0.15, 0.2) is 45.5 Å². The Hall–Kier alpha value is -2.47. The molecule has 0 spiro atoms. The highest BCUT2D eigenvalue weighted by Crippen LogP contribution is 2.35. The number of carbonyl (C=O) groups is 2. The van der Waals surface area contributed by atoms with Gasteiger partial charge in [0.2, 0.25) is 0 Å². The van der Waals surface area contributed by atoms with Crippen molar-refractivity contribution in [1.82, 2.24) is 24.8 Å². The highest BCUT2D eigenvalue weighted by Gasteiger charge is 2.34. The minimum Gasteiger partial charge on any atom is -0.482 e. The standard InChI is InChI=1S/C24H23Br2ClN6O3/c1-13-8-31(24(35)17-6-22-20(7-18(17)26)28-23(34)12-36-22)9-14(2)32(13)10-16-11-33(30-29-16)21-4-3-15(25)5-19(21)27/h3-7,11,13-14H,8-10,12H2,1-2H3,(H,28,34)/t13-,14+. The average Bonchev–Trinajstić information content (AvgIpc) is 3.28. The predicted molar refractivity (Wildman–Crippen MR) is 143 cm³/mol. The van der Waals surface area contributed by atoms with Gasteiger partial charge < -0.3 is 15.0 Å². The van der Waals surface area contributed by atoms with E-state index >= 15 is 0 Å². The summed E-state index contributed by atoms with van der Waals surface area (Å²) in [6.45, 7) is 5.88. The van der Waals surface area contributed by atoms with Crippen molar-refractivity contribution < 1.29 is 14.3 Å². The second-order valence-corrected chi connectivity index (χ2v) is 11.2. The Morgan fingerprint density at radius 2 is 1.94 bits per heavy atom. The Labute approximate surface area is 230 Å². The van der Waals surface area contributed by atoms with E-state index in [0.29, 0.717) is 46.1 Å². The van der Waals surface area contributed by atoms with Crippen LogP contribution in [-0.2, 0) is 11.3 Å². The summed E-state index contributed by atoms with van der Waals surface area (Å²) in [6, 6.07) is 9.22. The lowest BCUT2D eigenvalue weighted by Gasteiger charge is -2.44. The maximum Gasteiger partial charge on any atom is 0.262 e. The Balaban J connectivity index is 1.28. The van der Waals surface area contributed by atoms with Crippen molar-refractivity contribution in [2.24, 2.45) is 0 Å². The van der Waals surface area contributed by atoms with E-state index in [1.54, 1.807) is 16.8 Å². The van der Waals surface area contributed by atoms with Gasteiger partial charge in [0.05, 0.1) is 33.9 Å². The van der Waals surface area contributed by atoms with Crippen LogP contribution in [0.3, 0.4) is 0 Å². The van der Waals surface area contributed by atoms with E-state index in [0.717, 1.165) is 15.9 Å². The van der Waals surface area contributed by atoms with E-state index in [2.05, 4.69) is 66.2 Å². The van der Waals surface area contributed by atoms with Gasteiger partial charge in [-0.2, -0.15) is 0 Å². The first-order valence-electron chi connectivity index (χ1n) is 11.4. The Morgan fingerprint density at radius 3 is 2.67 bits per heavy atom. The van der Waals surface area contributed by atoms with Crippen LogP contribution >= 0.6 is 43.5 Å². The number of rotatable bonds is 4. The third-order valence-corrected chi connectivity index (χ3v) is 7.82. The minimum atomic E-state index is -0.216. The molecular weight excluding hydrogens is 616 g/mol. The number of amides is 2. The SMILES string of the molecule is C[C@@H]1CN(C(=O)c2cc3c(cc2Br)NC(=O)CO3)C[C@H](C)N1Cc1cn(-c2ccc(Br)cc2Cl)nn1. The number of nitrogens with one attached hydrogen (secondary N) is 1. The molecule has 2 aliphatic heterocycles. The third-order valence-electron chi connectivity index (χ3n) is 6.36. The lowest BCUT2D eigenvalue weighted by atomic mass is 10.1. The molecule has 1 saturated heterocycles. The van der Waals surface area contributed by atoms with Crippen LogP contribution in [0.4, 0.5) is 5.69 Å². The summed E-state index contributed by atoms with van der Waals surface area (Å²) in [6.07, 6.45) is 1.88. The molecule has 12 heteroatoms. The number of hydrogen-bond donors (Lipinski definition) is 1. The number of halogens is 3. The lowest BCUT2D eigenvalue weighted by Crippen LogP contribution is -2.57. The first-order chi connectivity index (χ1) is 17.2. The van der Waals surface area contributed by atoms with Crippen LogP contribution in [0.5, 0.6) is 5.75 Å². The molecule has 2 atom stereocenters. The number of benzene rings is 2. The zero-order valence-electron chi connectivity index (χ0n) is 19.5. The maximum atomic E-state index is 13.4. The number of hydrogen-bond acceptors (Lipinski definition) is 6. The van der Waals surface area contributed by atoms with Gasteiger partial charge in [0.1, 0.15) is 5.75 Å². The number of ether oxygens (including phenoxy) is 1. The number of fused-ring (bicyclic) bond motifs is 1. The van der Waals surface area contributed by atoms with Gasteiger partial charge in [-0.3, -0.25) is 14.5 Å². The van der Waals surface area contributed by atoms with Crippen LogP contribution < -0.4 is 10.1 Å². The summed E-state index contributed by atoms with van der Waals surface area (Å²) in [5.74, 6) is 0.196. The maximum absolute atomic E-state index is 13.4. The molecule has 0 bridgehead atoms. The zero-order chi connectivity index (χ0) is 25.6. The van der Waals surface area contributed by atoms with E-state index < -0.39 is 0 Å². The molecule has 9 nitrogen and oxygen atoms in total. The van der Waals surface area contributed by atoms with Crippen LogP contribution in [-0.4, -0.2) is 68.4 Å². The topological polar surface area (TPSA) is 92.6 Å². The van der Waals surface area contributed by atoms with E-state index in [-0.39, 0.29) is 30.5 Å². The van der Waals surface area contributed by atoms with Gasteiger partial charge in [0.15, 0.2) is 6.61 Å². The molecule has 1 fully saturated rings. The van der Waals surface area contributed by atoms with Gasteiger partial charge in [-0.1, -0.05) is 32.7 Å². The fourth-order valence-corrected chi connectivity index (χ4v) is 5.88. The van der Waals surface area contributed by atoms with Crippen LogP contribution in [0.2, 0.25) is 5.02 Å². The molecule has 0 radical (unpaired) electrons. The predicted octanol–water partition coefficient (Wildman–Crippen LogP) is 4.51. The number of piperazine rings is 1. The molecule has 1 N–H and O–H groups in total. The van der Waals surface area contributed by atoms with Gasteiger partial charge in [0.25, 0.3) is 11.8 Å². The molecule has 2 amide bonds. The molecule has 3 aromatic rings. The molecule has 188 valence electrons. The Kier molecular flexibility index (Phi) is 7.08. The average molecular weight is 639 g/mol. The number of nitrogens with zero attached hydrogens (tertiary/aromatic N) is 5. The normalized spacial score (nSPS) is 20.0. The highest BCUT2D eigenvalue weighted by atomic mass is 79.9. The highest BCUT2D eigenvalue weighted by molar-refractivity contribution is 9.10. The number of anilines is 1. The molecule has 36 heavy (non-hydrogen) atoms. The Morgan fingerprint density at radius 1 is 1.19 bits per heavy atom. The molecule has 0 aliphatic carbocycles. The van der Waals surface area contributed by atoms with Crippen molar-refractivity contribution in [2.75, 3.05) is 25.0 Å². The smallest absolute Gasteiger partial charge is 0.262 e. The summed E-state index contributed by atoms with van der Waals surface area (Å²) < 4.78 is 8.69.